The zero-order valence-electron chi connectivity index (χ0n) is 10.4. The number of nitrogen functional groups attached to an aromatic ring is 1. The van der Waals surface area contributed by atoms with Crippen LogP contribution in [-0.4, -0.2) is 38.5 Å². The molecule has 0 aliphatic carbocycles. The van der Waals surface area contributed by atoms with E-state index in [2.05, 4.69) is 4.98 Å². The molecule has 5 nitrogen and oxygen atoms in total. The second-order valence-electron chi connectivity index (χ2n) is 3.69. The summed E-state index contributed by atoms with van der Waals surface area (Å²) < 4.78 is 15.7. The van der Waals surface area contributed by atoms with Gasteiger partial charge in [-0.3, -0.25) is 0 Å². The lowest BCUT2D eigenvalue weighted by atomic mass is 10.3. The van der Waals surface area contributed by atoms with Gasteiger partial charge in [0.05, 0.1) is 6.61 Å². The van der Waals surface area contributed by atoms with Crippen LogP contribution in [0.4, 0.5) is 5.69 Å². The lowest BCUT2D eigenvalue weighted by molar-refractivity contribution is 0.0796. The number of anilines is 1. The fourth-order valence-electron chi connectivity index (χ4n) is 1.21. The molecular formula is C12H20N2O3. The minimum Gasteiger partial charge on any atom is -0.475 e. The van der Waals surface area contributed by atoms with Gasteiger partial charge in [0.2, 0.25) is 5.88 Å². The molecular weight excluding hydrogens is 220 g/mol. The summed E-state index contributed by atoms with van der Waals surface area (Å²) in [6, 6.07) is 1.72. The predicted octanol–water partition coefficient (Wildman–Crippen LogP) is 1.40. The molecule has 1 aromatic heterocycles. The van der Waals surface area contributed by atoms with E-state index in [-0.39, 0.29) is 0 Å². The molecule has 17 heavy (non-hydrogen) atoms. The summed E-state index contributed by atoms with van der Waals surface area (Å²) in [5.74, 6) is 0.536. The van der Waals surface area contributed by atoms with Gasteiger partial charge in [-0.2, -0.15) is 0 Å². The van der Waals surface area contributed by atoms with Crippen molar-refractivity contribution in [3.8, 4) is 5.88 Å². The van der Waals surface area contributed by atoms with Crippen molar-refractivity contribution in [2.45, 2.75) is 13.3 Å². The molecule has 0 unspecified atom stereocenters. The van der Waals surface area contributed by atoms with E-state index >= 15 is 0 Å². The Balaban J connectivity index is 2.11. The van der Waals surface area contributed by atoms with Crippen LogP contribution < -0.4 is 10.5 Å². The van der Waals surface area contributed by atoms with Crippen LogP contribution in [0, 0.1) is 6.92 Å². The number of nitrogens with two attached hydrogens (primary N) is 1. The predicted molar refractivity (Wildman–Crippen MR) is 66.2 cm³/mol. The van der Waals surface area contributed by atoms with Gasteiger partial charge in [0.25, 0.3) is 0 Å². The number of pyridine rings is 1. The Kier molecular flexibility index (Phi) is 6.35. The molecule has 96 valence electrons. The van der Waals surface area contributed by atoms with Crippen molar-refractivity contribution in [3.63, 3.8) is 0 Å². The summed E-state index contributed by atoms with van der Waals surface area (Å²) in [5, 5.41) is 0. The topological polar surface area (TPSA) is 66.6 Å². The monoisotopic (exact) mass is 240 g/mol. The normalized spacial score (nSPS) is 10.5. The van der Waals surface area contributed by atoms with E-state index < -0.39 is 0 Å². The summed E-state index contributed by atoms with van der Waals surface area (Å²) in [6.45, 7) is 4.32. The van der Waals surface area contributed by atoms with Gasteiger partial charge in [0.1, 0.15) is 6.61 Å². The summed E-state index contributed by atoms with van der Waals surface area (Å²) >= 11 is 0. The van der Waals surface area contributed by atoms with Crippen molar-refractivity contribution in [1.29, 1.82) is 0 Å². The smallest absolute Gasteiger partial charge is 0.215 e. The average Bonchev–Trinajstić information content (AvgIpc) is 2.32. The molecule has 0 radical (unpaired) electrons. The van der Waals surface area contributed by atoms with E-state index in [4.69, 9.17) is 19.9 Å². The zero-order chi connectivity index (χ0) is 12.5. The number of hydrogen-bond donors (Lipinski definition) is 1. The van der Waals surface area contributed by atoms with Gasteiger partial charge in [-0.1, -0.05) is 0 Å². The Morgan fingerprint density at radius 2 is 2.06 bits per heavy atom. The molecule has 0 fully saturated rings. The lowest BCUT2D eigenvalue weighted by Crippen LogP contribution is -2.09. The summed E-state index contributed by atoms with van der Waals surface area (Å²) in [7, 11) is 1.68. The number of hydrogen-bond acceptors (Lipinski definition) is 5. The van der Waals surface area contributed by atoms with E-state index in [0.717, 1.165) is 18.6 Å². The molecule has 0 aromatic carbocycles. The van der Waals surface area contributed by atoms with Crippen molar-refractivity contribution in [1.82, 2.24) is 4.98 Å². The highest BCUT2D eigenvalue weighted by atomic mass is 16.5. The fourth-order valence-corrected chi connectivity index (χ4v) is 1.21. The van der Waals surface area contributed by atoms with Crippen LogP contribution in [0.15, 0.2) is 12.3 Å². The second kappa shape index (κ2) is 7.86. The molecule has 0 saturated heterocycles. The summed E-state index contributed by atoms with van der Waals surface area (Å²) in [6.07, 6.45) is 2.59. The third-order valence-corrected chi connectivity index (χ3v) is 2.23. The maximum atomic E-state index is 5.74. The SMILES string of the molecule is COCCCOCCOc1cc(N)c(C)cn1. The van der Waals surface area contributed by atoms with Crippen LogP contribution in [0.1, 0.15) is 12.0 Å². The van der Waals surface area contributed by atoms with Crippen molar-refractivity contribution in [3.05, 3.63) is 17.8 Å². The van der Waals surface area contributed by atoms with Crippen LogP contribution in [-0.2, 0) is 9.47 Å². The zero-order valence-corrected chi connectivity index (χ0v) is 10.4. The molecule has 0 aliphatic rings. The number of methoxy groups -OCH3 is 1. The molecule has 1 aromatic rings. The maximum absolute atomic E-state index is 5.74. The largest absolute Gasteiger partial charge is 0.475 e. The number of nitrogens with zero attached hydrogens (tertiary/aromatic N) is 1. The van der Waals surface area contributed by atoms with Gasteiger partial charge >= 0.3 is 0 Å². The first-order chi connectivity index (χ1) is 8.24. The van der Waals surface area contributed by atoms with E-state index in [1.54, 1.807) is 19.4 Å². The average molecular weight is 240 g/mol. The van der Waals surface area contributed by atoms with E-state index in [1.807, 2.05) is 6.92 Å². The molecule has 0 bridgehead atoms. The molecule has 1 heterocycles. The molecule has 0 aliphatic heterocycles. The third-order valence-electron chi connectivity index (χ3n) is 2.23. The van der Waals surface area contributed by atoms with Gasteiger partial charge in [0.15, 0.2) is 0 Å². The van der Waals surface area contributed by atoms with Crippen molar-refractivity contribution >= 4 is 5.69 Å². The molecule has 1 rings (SSSR count). The van der Waals surface area contributed by atoms with Crippen molar-refractivity contribution < 1.29 is 14.2 Å². The fraction of sp³-hybridized carbons (Fsp3) is 0.583. The Labute approximate surface area is 102 Å². The Bertz CT molecular complexity index is 332. The summed E-state index contributed by atoms with van der Waals surface area (Å²) in [4.78, 5) is 4.11. The van der Waals surface area contributed by atoms with Crippen LogP contribution in [0.3, 0.4) is 0 Å². The Morgan fingerprint density at radius 1 is 1.24 bits per heavy atom. The molecule has 0 amide bonds. The highest BCUT2D eigenvalue weighted by molar-refractivity contribution is 5.47. The van der Waals surface area contributed by atoms with Crippen LogP contribution in [0.5, 0.6) is 5.88 Å². The quantitative estimate of drug-likeness (QED) is 0.696. The summed E-state index contributed by atoms with van der Waals surface area (Å²) in [5.41, 5.74) is 7.38. The number of aryl methyl sites for hydroxylation is 1. The first kappa shape index (κ1) is 13.7. The van der Waals surface area contributed by atoms with E-state index in [9.17, 15) is 0 Å². The maximum Gasteiger partial charge on any atom is 0.215 e. The van der Waals surface area contributed by atoms with Crippen LogP contribution in [0.2, 0.25) is 0 Å². The lowest BCUT2D eigenvalue weighted by Gasteiger charge is -2.07. The molecule has 2 N–H and O–H groups in total. The highest BCUT2D eigenvalue weighted by Gasteiger charge is 1.99. The minimum atomic E-state index is 0.475. The number of rotatable bonds is 8. The first-order valence-electron chi connectivity index (χ1n) is 5.65. The molecule has 0 saturated carbocycles. The van der Waals surface area contributed by atoms with Crippen molar-refractivity contribution in [2.24, 2.45) is 0 Å². The van der Waals surface area contributed by atoms with Crippen molar-refractivity contribution in [2.75, 3.05) is 39.3 Å². The van der Waals surface area contributed by atoms with Gasteiger partial charge in [-0.25, -0.2) is 4.98 Å². The minimum absolute atomic E-state index is 0.475. The van der Waals surface area contributed by atoms with Gasteiger partial charge < -0.3 is 19.9 Å². The standard InChI is InChI=1S/C12H20N2O3/c1-10-9-14-12(8-11(10)13)17-7-6-16-5-3-4-15-2/h8-9H,3-7H2,1-2H3,(H2,13,14). The highest BCUT2D eigenvalue weighted by Crippen LogP contribution is 2.15. The number of ether oxygens (including phenoxy) is 3. The van der Waals surface area contributed by atoms with E-state index in [1.165, 1.54) is 0 Å². The van der Waals surface area contributed by atoms with Gasteiger partial charge in [-0.15, -0.1) is 0 Å². The van der Waals surface area contributed by atoms with Gasteiger partial charge in [-0.05, 0) is 18.9 Å². The van der Waals surface area contributed by atoms with Crippen LogP contribution in [0.25, 0.3) is 0 Å². The Morgan fingerprint density at radius 3 is 2.76 bits per heavy atom. The van der Waals surface area contributed by atoms with E-state index in [0.29, 0.717) is 31.4 Å². The number of aromatic nitrogens is 1. The first-order valence-corrected chi connectivity index (χ1v) is 5.65. The Hall–Kier alpha value is -1.33. The molecule has 0 spiro atoms. The molecule has 5 heteroatoms. The van der Waals surface area contributed by atoms with Gasteiger partial charge in [0, 0.05) is 38.3 Å². The van der Waals surface area contributed by atoms with Crippen LogP contribution >= 0.6 is 0 Å². The molecule has 0 atom stereocenters. The second-order valence-corrected chi connectivity index (χ2v) is 3.69. The third kappa shape index (κ3) is 5.51.